The van der Waals surface area contributed by atoms with Gasteiger partial charge in [0.1, 0.15) is 0 Å². The first kappa shape index (κ1) is 19.4. The van der Waals surface area contributed by atoms with E-state index in [2.05, 4.69) is 16.0 Å². The third-order valence-electron chi connectivity index (χ3n) is 3.41. The van der Waals surface area contributed by atoms with Crippen molar-refractivity contribution in [2.75, 3.05) is 17.2 Å². The second-order valence-electron chi connectivity index (χ2n) is 5.58. The molecule has 26 heavy (non-hydrogen) atoms. The molecule has 0 spiro atoms. The lowest BCUT2D eigenvalue weighted by atomic mass is 10.1. The van der Waals surface area contributed by atoms with Gasteiger partial charge in [0.25, 0.3) is 0 Å². The summed E-state index contributed by atoms with van der Waals surface area (Å²) in [5.74, 6) is -0.166. The molecule has 5 N–H and O–H groups in total. The molecule has 3 amide bonds. The highest BCUT2D eigenvalue weighted by Gasteiger charge is 2.07. The maximum absolute atomic E-state index is 11.9. The molecular weight excluding hydrogens is 356 g/mol. The van der Waals surface area contributed by atoms with Gasteiger partial charge in [0.2, 0.25) is 15.9 Å². The number of nitrogens with two attached hydrogens (primary N) is 1. The predicted octanol–water partition coefficient (Wildman–Crippen LogP) is 1.66. The van der Waals surface area contributed by atoms with Crippen molar-refractivity contribution in [1.29, 1.82) is 0 Å². The van der Waals surface area contributed by atoms with Crippen LogP contribution in [0, 0.1) is 0 Å². The van der Waals surface area contributed by atoms with Crippen molar-refractivity contribution in [1.82, 2.24) is 5.32 Å². The van der Waals surface area contributed by atoms with E-state index in [0.717, 1.165) is 5.56 Å². The summed E-state index contributed by atoms with van der Waals surface area (Å²) in [6.07, 6.45) is 0.541. The Morgan fingerprint density at radius 2 is 1.46 bits per heavy atom. The monoisotopic (exact) mass is 376 g/mol. The van der Waals surface area contributed by atoms with Crippen LogP contribution in [0.3, 0.4) is 0 Å². The number of amides is 3. The molecule has 2 rings (SSSR count). The number of hydrogen-bond donors (Lipinski definition) is 4. The van der Waals surface area contributed by atoms with Gasteiger partial charge in [-0.05, 0) is 48.4 Å². The Kier molecular flexibility index (Phi) is 6.31. The number of rotatable bonds is 6. The Morgan fingerprint density at radius 1 is 0.923 bits per heavy atom. The number of nitrogens with one attached hydrogen (secondary N) is 3. The lowest BCUT2D eigenvalue weighted by molar-refractivity contribution is -0.114. The minimum atomic E-state index is -3.70. The van der Waals surface area contributed by atoms with Crippen molar-refractivity contribution < 1.29 is 18.0 Å². The number of carbonyl (C=O) groups is 2. The first-order chi connectivity index (χ1) is 12.2. The summed E-state index contributed by atoms with van der Waals surface area (Å²) in [6, 6.07) is 12.5. The minimum Gasteiger partial charge on any atom is -0.338 e. The van der Waals surface area contributed by atoms with E-state index in [9.17, 15) is 18.0 Å². The highest BCUT2D eigenvalue weighted by atomic mass is 32.2. The highest BCUT2D eigenvalue weighted by Crippen LogP contribution is 2.13. The van der Waals surface area contributed by atoms with E-state index in [1.165, 1.54) is 19.1 Å². The molecule has 8 nitrogen and oxygen atoms in total. The summed E-state index contributed by atoms with van der Waals surface area (Å²) in [4.78, 5) is 22.9. The summed E-state index contributed by atoms with van der Waals surface area (Å²) in [5, 5.41) is 13.1. The van der Waals surface area contributed by atoms with Crippen LogP contribution in [0.2, 0.25) is 0 Å². The van der Waals surface area contributed by atoms with Gasteiger partial charge in [-0.15, -0.1) is 0 Å². The smallest absolute Gasteiger partial charge is 0.319 e. The number of primary sulfonamides is 1. The second kappa shape index (κ2) is 8.45. The van der Waals surface area contributed by atoms with Crippen LogP contribution in [0.25, 0.3) is 0 Å². The number of anilines is 2. The van der Waals surface area contributed by atoms with Gasteiger partial charge in [-0.1, -0.05) is 12.1 Å². The predicted molar refractivity (Wildman–Crippen MR) is 99.3 cm³/mol. The zero-order chi connectivity index (χ0) is 19.2. The molecular formula is C17H20N4O4S. The van der Waals surface area contributed by atoms with Gasteiger partial charge in [-0.2, -0.15) is 0 Å². The van der Waals surface area contributed by atoms with E-state index in [0.29, 0.717) is 24.3 Å². The van der Waals surface area contributed by atoms with Gasteiger partial charge >= 0.3 is 6.03 Å². The van der Waals surface area contributed by atoms with Crippen LogP contribution in [0.15, 0.2) is 53.4 Å². The maximum atomic E-state index is 11.9. The molecule has 0 unspecified atom stereocenters. The molecule has 0 aromatic heterocycles. The van der Waals surface area contributed by atoms with Crippen molar-refractivity contribution in [2.45, 2.75) is 18.2 Å². The third kappa shape index (κ3) is 6.19. The average molecular weight is 376 g/mol. The fourth-order valence-corrected chi connectivity index (χ4v) is 2.70. The Bertz CT molecular complexity index is 878. The standard InChI is InChI=1S/C17H20N4O4S/c1-12(22)20-14-4-6-15(7-5-14)21-17(23)19-11-10-13-2-8-16(9-3-13)26(18,24)25/h2-9H,10-11H2,1H3,(H,20,22)(H2,18,24,25)(H2,19,21,23). The number of carbonyl (C=O) groups excluding carboxylic acids is 2. The van der Waals surface area contributed by atoms with Crippen molar-refractivity contribution >= 4 is 33.3 Å². The second-order valence-corrected chi connectivity index (χ2v) is 7.14. The van der Waals surface area contributed by atoms with Gasteiger partial charge in [0, 0.05) is 24.8 Å². The molecule has 0 bridgehead atoms. The first-order valence-corrected chi connectivity index (χ1v) is 9.33. The van der Waals surface area contributed by atoms with E-state index < -0.39 is 10.0 Å². The van der Waals surface area contributed by atoms with Crippen molar-refractivity contribution in [3.63, 3.8) is 0 Å². The van der Waals surface area contributed by atoms with Crippen LogP contribution in [0.1, 0.15) is 12.5 Å². The number of hydrogen-bond acceptors (Lipinski definition) is 4. The Hall–Kier alpha value is -2.91. The molecule has 9 heteroatoms. The summed E-state index contributed by atoms with van der Waals surface area (Å²) in [7, 11) is -3.70. The highest BCUT2D eigenvalue weighted by molar-refractivity contribution is 7.89. The van der Waals surface area contributed by atoms with Gasteiger partial charge in [-0.25, -0.2) is 18.4 Å². The van der Waals surface area contributed by atoms with Crippen LogP contribution in [0.5, 0.6) is 0 Å². The Balaban J connectivity index is 1.79. The van der Waals surface area contributed by atoms with Crippen LogP contribution in [0.4, 0.5) is 16.2 Å². The van der Waals surface area contributed by atoms with Gasteiger partial charge < -0.3 is 16.0 Å². The molecule has 0 aliphatic rings. The van der Waals surface area contributed by atoms with E-state index in [1.54, 1.807) is 36.4 Å². The lowest BCUT2D eigenvalue weighted by Crippen LogP contribution is -2.30. The zero-order valence-electron chi connectivity index (χ0n) is 14.2. The molecule has 2 aromatic rings. The van der Waals surface area contributed by atoms with Gasteiger partial charge in [-0.3, -0.25) is 4.79 Å². The number of benzene rings is 2. The summed E-state index contributed by atoms with van der Waals surface area (Å²) in [5.41, 5.74) is 2.11. The summed E-state index contributed by atoms with van der Waals surface area (Å²) < 4.78 is 22.4. The van der Waals surface area contributed by atoms with Crippen LogP contribution in [-0.2, 0) is 21.2 Å². The quantitative estimate of drug-likeness (QED) is 0.610. The van der Waals surface area contributed by atoms with Crippen LogP contribution >= 0.6 is 0 Å². The zero-order valence-corrected chi connectivity index (χ0v) is 15.0. The molecule has 0 atom stereocenters. The molecule has 2 aromatic carbocycles. The SMILES string of the molecule is CC(=O)Nc1ccc(NC(=O)NCCc2ccc(S(N)(=O)=O)cc2)cc1. The largest absolute Gasteiger partial charge is 0.338 e. The topological polar surface area (TPSA) is 130 Å². The number of urea groups is 1. The molecule has 0 saturated heterocycles. The number of sulfonamides is 1. The molecule has 0 aliphatic carbocycles. The molecule has 0 heterocycles. The molecule has 0 radical (unpaired) electrons. The van der Waals surface area contributed by atoms with Crippen LogP contribution in [-0.4, -0.2) is 26.9 Å². The molecule has 0 aliphatic heterocycles. The van der Waals surface area contributed by atoms with Crippen molar-refractivity contribution in [3.05, 3.63) is 54.1 Å². The fraction of sp³-hybridized carbons (Fsp3) is 0.176. The summed E-state index contributed by atoms with van der Waals surface area (Å²) in [6.45, 7) is 1.80. The molecule has 0 saturated carbocycles. The first-order valence-electron chi connectivity index (χ1n) is 7.78. The minimum absolute atomic E-state index is 0.0506. The van der Waals surface area contributed by atoms with Gasteiger partial charge in [0.05, 0.1) is 4.90 Å². The van der Waals surface area contributed by atoms with E-state index in [1.807, 2.05) is 0 Å². The fourth-order valence-electron chi connectivity index (χ4n) is 2.18. The van der Waals surface area contributed by atoms with E-state index in [4.69, 9.17) is 5.14 Å². The lowest BCUT2D eigenvalue weighted by Gasteiger charge is -2.09. The molecule has 138 valence electrons. The van der Waals surface area contributed by atoms with Gasteiger partial charge in [0.15, 0.2) is 0 Å². The molecule has 0 fully saturated rings. The van der Waals surface area contributed by atoms with Crippen LogP contribution < -0.4 is 21.1 Å². The Morgan fingerprint density at radius 3 is 1.96 bits per heavy atom. The normalized spacial score (nSPS) is 10.8. The van der Waals surface area contributed by atoms with Crippen molar-refractivity contribution in [2.24, 2.45) is 5.14 Å². The van der Waals surface area contributed by atoms with Crippen molar-refractivity contribution in [3.8, 4) is 0 Å². The summed E-state index contributed by atoms with van der Waals surface area (Å²) >= 11 is 0. The van der Waals surface area contributed by atoms with E-state index in [-0.39, 0.29) is 16.8 Å². The average Bonchev–Trinajstić information content (AvgIpc) is 2.56. The third-order valence-corrected chi connectivity index (χ3v) is 4.34. The maximum Gasteiger partial charge on any atom is 0.319 e. The Labute approximate surface area is 151 Å². The van der Waals surface area contributed by atoms with E-state index >= 15 is 0 Å².